The maximum atomic E-state index is 13.8. The van der Waals surface area contributed by atoms with Crippen molar-refractivity contribution < 1.29 is 17.6 Å². The topological polar surface area (TPSA) is 54.8 Å². The molecule has 3 aromatic rings. The van der Waals surface area contributed by atoms with E-state index in [0.717, 1.165) is 23.4 Å². The molecule has 4 rings (SSSR count). The predicted molar refractivity (Wildman–Crippen MR) is 93.9 cm³/mol. The third-order valence-corrected chi connectivity index (χ3v) is 4.71. The van der Waals surface area contributed by atoms with Gasteiger partial charge in [-0.05, 0) is 31.2 Å². The zero-order chi connectivity index (χ0) is 19.9. The maximum absolute atomic E-state index is 13.8. The minimum atomic E-state index is -4.61. The van der Waals surface area contributed by atoms with Gasteiger partial charge < -0.3 is 4.90 Å². The van der Waals surface area contributed by atoms with Crippen LogP contribution in [-0.4, -0.2) is 26.5 Å². The lowest BCUT2D eigenvalue weighted by molar-refractivity contribution is -0.137. The molecule has 0 saturated heterocycles. The van der Waals surface area contributed by atoms with E-state index in [2.05, 4.69) is 19.9 Å². The molecule has 1 atom stereocenters. The van der Waals surface area contributed by atoms with Crippen molar-refractivity contribution in [2.24, 2.45) is 0 Å². The van der Waals surface area contributed by atoms with Crippen molar-refractivity contribution in [3.8, 4) is 11.6 Å². The first-order valence-electron chi connectivity index (χ1n) is 8.60. The Morgan fingerprint density at radius 3 is 2.50 bits per heavy atom. The highest BCUT2D eigenvalue weighted by atomic mass is 19.4. The Balaban J connectivity index is 1.68. The van der Waals surface area contributed by atoms with E-state index in [9.17, 15) is 17.6 Å². The van der Waals surface area contributed by atoms with Crippen LogP contribution in [0.25, 0.3) is 11.6 Å². The van der Waals surface area contributed by atoms with Crippen molar-refractivity contribution in [3.63, 3.8) is 0 Å². The third-order valence-electron chi connectivity index (χ3n) is 4.71. The number of aromatic nitrogens is 4. The number of alkyl halides is 3. The first-order valence-corrected chi connectivity index (χ1v) is 8.60. The van der Waals surface area contributed by atoms with Crippen LogP contribution in [0.3, 0.4) is 0 Å². The zero-order valence-corrected chi connectivity index (χ0v) is 14.8. The van der Waals surface area contributed by atoms with Crippen molar-refractivity contribution in [3.05, 3.63) is 65.5 Å². The molecule has 9 heteroatoms. The molecule has 28 heavy (non-hydrogen) atoms. The highest BCUT2D eigenvalue weighted by Crippen LogP contribution is 2.37. The molecule has 0 fully saturated rings. The predicted octanol–water partition coefficient (Wildman–Crippen LogP) is 4.22. The molecular weight excluding hydrogens is 374 g/mol. The number of fused-ring (bicyclic) bond motifs is 1. The van der Waals surface area contributed by atoms with E-state index in [-0.39, 0.29) is 11.7 Å². The van der Waals surface area contributed by atoms with Crippen molar-refractivity contribution >= 4 is 5.69 Å². The quantitative estimate of drug-likeness (QED) is 0.615. The summed E-state index contributed by atoms with van der Waals surface area (Å²) in [5.74, 6) is -0.124. The minimum Gasteiger partial charge on any atom is -0.364 e. The first kappa shape index (κ1) is 18.3. The number of anilines is 1. The summed E-state index contributed by atoms with van der Waals surface area (Å²) >= 11 is 0. The summed E-state index contributed by atoms with van der Waals surface area (Å²) in [6.07, 6.45) is 0.700. The number of nitrogens with zero attached hydrogens (tertiary/aromatic N) is 5. The summed E-state index contributed by atoms with van der Waals surface area (Å²) < 4.78 is 52.9. The summed E-state index contributed by atoms with van der Waals surface area (Å²) in [7, 11) is 0. The Morgan fingerprint density at radius 2 is 1.79 bits per heavy atom. The maximum Gasteiger partial charge on any atom is 0.416 e. The molecule has 0 aliphatic carbocycles. The Labute approximate surface area is 158 Å². The number of benzene rings is 1. The van der Waals surface area contributed by atoms with Crippen LogP contribution in [0.2, 0.25) is 0 Å². The van der Waals surface area contributed by atoms with Crippen LogP contribution in [-0.2, 0) is 12.6 Å². The highest BCUT2D eigenvalue weighted by molar-refractivity contribution is 5.54. The molecule has 1 aliphatic rings. The molecule has 1 unspecified atom stereocenters. The van der Waals surface area contributed by atoms with Gasteiger partial charge >= 0.3 is 6.18 Å². The molecule has 1 aromatic carbocycles. The lowest BCUT2D eigenvalue weighted by Crippen LogP contribution is -2.35. The van der Waals surface area contributed by atoms with Gasteiger partial charge in [-0.3, -0.25) is 0 Å². The summed E-state index contributed by atoms with van der Waals surface area (Å²) in [5.41, 5.74) is 0.742. The first-order chi connectivity index (χ1) is 13.3. The van der Waals surface area contributed by atoms with Gasteiger partial charge in [-0.15, -0.1) is 0 Å². The standard InChI is InChI=1S/C19H15F4N5/c1-11-15-10-26-18(17-24-4-2-5-25-17)27-16(15)3-6-28(11)14-8-12(19(21,22)23)7-13(20)9-14/h2,4-5,7-11H,3,6H2,1H3. The minimum absolute atomic E-state index is 0.181. The van der Waals surface area contributed by atoms with Crippen LogP contribution < -0.4 is 4.90 Å². The summed E-state index contributed by atoms with van der Waals surface area (Å²) in [5, 5.41) is 0. The van der Waals surface area contributed by atoms with E-state index in [0.29, 0.717) is 30.7 Å². The zero-order valence-electron chi connectivity index (χ0n) is 14.8. The lowest BCUT2D eigenvalue weighted by Gasteiger charge is -2.36. The molecule has 0 N–H and O–H groups in total. The fourth-order valence-electron chi connectivity index (χ4n) is 3.34. The van der Waals surface area contributed by atoms with Crippen LogP contribution in [0.1, 0.15) is 29.8 Å². The summed E-state index contributed by atoms with van der Waals surface area (Å²) in [4.78, 5) is 18.8. The van der Waals surface area contributed by atoms with Crippen molar-refractivity contribution in [1.82, 2.24) is 19.9 Å². The van der Waals surface area contributed by atoms with Gasteiger partial charge in [-0.25, -0.2) is 24.3 Å². The Bertz CT molecular complexity index is 1010. The third kappa shape index (κ3) is 3.39. The van der Waals surface area contributed by atoms with Crippen LogP contribution in [0.5, 0.6) is 0 Å². The van der Waals surface area contributed by atoms with Crippen LogP contribution >= 0.6 is 0 Å². The van der Waals surface area contributed by atoms with Gasteiger partial charge in [0.2, 0.25) is 0 Å². The average molecular weight is 389 g/mol. The number of halogens is 4. The van der Waals surface area contributed by atoms with Gasteiger partial charge in [0.1, 0.15) is 5.82 Å². The second-order valence-corrected chi connectivity index (χ2v) is 6.48. The molecular formula is C19H15F4N5. The van der Waals surface area contributed by atoms with E-state index >= 15 is 0 Å². The van der Waals surface area contributed by atoms with Gasteiger partial charge in [-0.2, -0.15) is 13.2 Å². The normalized spacial score (nSPS) is 16.8. The number of rotatable bonds is 2. The molecule has 2 aromatic heterocycles. The van der Waals surface area contributed by atoms with Crippen LogP contribution in [0.15, 0.2) is 42.9 Å². The van der Waals surface area contributed by atoms with Gasteiger partial charge in [0.05, 0.1) is 17.3 Å². The van der Waals surface area contributed by atoms with Crippen molar-refractivity contribution in [1.29, 1.82) is 0 Å². The Kier molecular flexibility index (Phi) is 4.44. The van der Waals surface area contributed by atoms with Crippen molar-refractivity contribution in [2.75, 3.05) is 11.4 Å². The van der Waals surface area contributed by atoms with E-state index < -0.39 is 17.6 Å². The van der Waals surface area contributed by atoms with E-state index in [1.807, 2.05) is 6.92 Å². The lowest BCUT2D eigenvalue weighted by atomic mass is 9.98. The molecule has 1 aliphatic heterocycles. The fourth-order valence-corrected chi connectivity index (χ4v) is 3.34. The van der Waals surface area contributed by atoms with Gasteiger partial charge in [0.15, 0.2) is 11.6 Å². The molecule has 3 heterocycles. The smallest absolute Gasteiger partial charge is 0.364 e. The second-order valence-electron chi connectivity index (χ2n) is 6.48. The second kappa shape index (κ2) is 6.81. The summed E-state index contributed by atoms with van der Waals surface area (Å²) in [6.45, 7) is 2.24. The Morgan fingerprint density at radius 1 is 1.04 bits per heavy atom. The number of hydrogen-bond acceptors (Lipinski definition) is 5. The van der Waals surface area contributed by atoms with Gasteiger partial charge in [-0.1, -0.05) is 0 Å². The summed E-state index contributed by atoms with van der Waals surface area (Å²) in [6, 6.07) is 3.97. The van der Waals surface area contributed by atoms with Crippen molar-refractivity contribution in [2.45, 2.75) is 25.6 Å². The highest BCUT2D eigenvalue weighted by Gasteiger charge is 2.33. The van der Waals surface area contributed by atoms with Gasteiger partial charge in [0.25, 0.3) is 0 Å². The van der Waals surface area contributed by atoms with E-state index in [1.54, 1.807) is 29.6 Å². The molecule has 0 radical (unpaired) electrons. The number of hydrogen-bond donors (Lipinski definition) is 0. The molecule has 0 spiro atoms. The van der Waals surface area contributed by atoms with E-state index in [4.69, 9.17) is 0 Å². The van der Waals surface area contributed by atoms with E-state index in [1.165, 1.54) is 0 Å². The van der Waals surface area contributed by atoms with Gasteiger partial charge in [0, 0.05) is 42.8 Å². The molecule has 0 saturated carbocycles. The molecule has 5 nitrogen and oxygen atoms in total. The molecule has 144 valence electrons. The largest absolute Gasteiger partial charge is 0.416 e. The average Bonchev–Trinajstić information content (AvgIpc) is 2.67. The van der Waals surface area contributed by atoms with Crippen LogP contribution in [0.4, 0.5) is 23.2 Å². The fraction of sp³-hybridized carbons (Fsp3) is 0.263. The molecule has 0 amide bonds. The molecule has 0 bridgehead atoms. The monoisotopic (exact) mass is 389 g/mol. The van der Waals surface area contributed by atoms with Crippen LogP contribution in [0, 0.1) is 5.82 Å². The SMILES string of the molecule is CC1c2cnc(-c3ncccn3)nc2CCN1c1cc(F)cc(C(F)(F)F)c1. The Hall–Kier alpha value is -3.10.